The Bertz CT molecular complexity index is 1650. The van der Waals surface area contributed by atoms with Crippen LogP contribution in [0, 0.1) is 23.7 Å². The molecule has 1 aliphatic rings. The summed E-state index contributed by atoms with van der Waals surface area (Å²) < 4.78 is 16.9. The minimum atomic E-state index is -1.31. The van der Waals surface area contributed by atoms with Crippen molar-refractivity contribution in [3.63, 3.8) is 0 Å². The summed E-state index contributed by atoms with van der Waals surface area (Å²) in [5.74, 6) is -4.95. The lowest BCUT2D eigenvalue weighted by atomic mass is 9.55. The van der Waals surface area contributed by atoms with Gasteiger partial charge in [0.1, 0.15) is 23.0 Å². The molecule has 0 aliphatic heterocycles. The molecule has 0 saturated heterocycles. The summed E-state index contributed by atoms with van der Waals surface area (Å²) in [6.07, 6.45) is 1.22. The van der Waals surface area contributed by atoms with Crippen molar-refractivity contribution in [2.24, 2.45) is 23.7 Å². The molecule has 1 fully saturated rings. The third kappa shape index (κ3) is 8.96. The minimum absolute atomic E-state index is 0.197. The first-order valence-corrected chi connectivity index (χ1v) is 17.5. The highest BCUT2D eigenvalue weighted by Crippen LogP contribution is 2.49. The molecular weight excluding hydrogens is 662 g/mol. The van der Waals surface area contributed by atoms with Gasteiger partial charge < -0.3 is 24.0 Å². The summed E-state index contributed by atoms with van der Waals surface area (Å²) in [5, 5.41) is 9.69. The molecular formula is C41H45N3O8. The zero-order valence-electron chi connectivity index (χ0n) is 29.6. The van der Waals surface area contributed by atoms with E-state index in [2.05, 4.69) is 0 Å². The van der Waals surface area contributed by atoms with Crippen LogP contribution in [0.4, 0.5) is 0 Å². The number of amides is 3. The summed E-state index contributed by atoms with van der Waals surface area (Å²) >= 11 is 0. The zero-order chi connectivity index (χ0) is 37.0. The number of carbonyl (C=O) groups excluding carboxylic acids is 4. The Morgan fingerprint density at radius 2 is 0.962 bits per heavy atom. The predicted molar refractivity (Wildman–Crippen MR) is 193 cm³/mol. The number of hydroxylamine groups is 1. The lowest BCUT2D eigenvalue weighted by Gasteiger charge is -2.49. The van der Waals surface area contributed by atoms with Crippen molar-refractivity contribution in [3.05, 3.63) is 120 Å². The Hall–Kier alpha value is -5.68. The molecule has 4 aromatic rings. The third-order valence-corrected chi connectivity index (χ3v) is 9.17. The summed E-state index contributed by atoms with van der Waals surface area (Å²) in [5.41, 5.74) is 3.24. The highest BCUT2D eigenvalue weighted by Gasteiger charge is 2.64. The van der Waals surface area contributed by atoms with E-state index >= 15 is 0 Å². The Balaban J connectivity index is 1.38. The van der Waals surface area contributed by atoms with Crippen molar-refractivity contribution in [2.75, 3.05) is 20.2 Å². The van der Waals surface area contributed by atoms with Gasteiger partial charge in [0, 0.05) is 26.2 Å². The molecule has 5 rings (SSSR count). The van der Waals surface area contributed by atoms with E-state index in [4.69, 9.17) is 14.2 Å². The summed E-state index contributed by atoms with van der Waals surface area (Å²) in [4.78, 5) is 58.4. The monoisotopic (exact) mass is 707 g/mol. The molecule has 11 heteroatoms. The summed E-state index contributed by atoms with van der Waals surface area (Å²) in [6.45, 7) is 4.94. The molecule has 2 N–H and O–H groups in total. The second-order valence-corrected chi connectivity index (χ2v) is 12.7. The quantitative estimate of drug-likeness (QED) is 0.0756. The van der Waals surface area contributed by atoms with E-state index in [1.807, 2.05) is 123 Å². The van der Waals surface area contributed by atoms with Gasteiger partial charge in [0.05, 0.1) is 30.8 Å². The molecule has 0 radical (unpaired) electrons. The first-order chi connectivity index (χ1) is 25.3. The molecule has 1 saturated carbocycles. The van der Waals surface area contributed by atoms with E-state index in [0.717, 1.165) is 11.1 Å². The van der Waals surface area contributed by atoms with Crippen LogP contribution in [0.15, 0.2) is 109 Å². The topological polar surface area (TPSA) is 135 Å². The fourth-order valence-corrected chi connectivity index (χ4v) is 6.70. The van der Waals surface area contributed by atoms with E-state index < -0.39 is 47.4 Å². The van der Waals surface area contributed by atoms with Crippen molar-refractivity contribution in [3.8, 4) is 23.0 Å². The number of hydrogen-bond donors (Lipinski definition) is 2. The van der Waals surface area contributed by atoms with Gasteiger partial charge in [-0.15, -0.1) is 0 Å². The molecule has 52 heavy (non-hydrogen) atoms. The van der Waals surface area contributed by atoms with E-state index in [1.165, 1.54) is 7.11 Å². The van der Waals surface area contributed by atoms with Gasteiger partial charge in [0.25, 0.3) is 0 Å². The number of ether oxygens (including phenoxy) is 3. The first-order valence-electron chi connectivity index (χ1n) is 17.5. The van der Waals surface area contributed by atoms with Gasteiger partial charge in [0.2, 0.25) is 17.7 Å². The number of benzene rings is 4. The van der Waals surface area contributed by atoms with Crippen LogP contribution in [0.2, 0.25) is 0 Å². The van der Waals surface area contributed by atoms with E-state index in [-0.39, 0.29) is 13.1 Å². The van der Waals surface area contributed by atoms with Gasteiger partial charge in [0.15, 0.2) is 0 Å². The lowest BCUT2D eigenvalue weighted by molar-refractivity contribution is -0.185. The van der Waals surface area contributed by atoms with Crippen LogP contribution in [0.25, 0.3) is 0 Å². The molecule has 4 aromatic carbocycles. The molecule has 0 aromatic heterocycles. The molecule has 0 spiro atoms. The Labute approximate surface area is 304 Å². The number of methoxy groups -OCH3 is 1. The average molecular weight is 708 g/mol. The SMILES string of the molecule is CCCN(Cc1ccc(Oc2ccccc2)cc1)C(=O)C1C(C(=O)NO)C(C(=O)OC)C1C(=O)N(CCC)Cc1ccc(Oc2ccccc2)cc1. The Kier molecular flexibility index (Phi) is 13.0. The van der Waals surface area contributed by atoms with Gasteiger partial charge in [-0.25, -0.2) is 5.48 Å². The number of para-hydroxylation sites is 2. The molecule has 272 valence electrons. The molecule has 0 heterocycles. The van der Waals surface area contributed by atoms with Crippen LogP contribution in [-0.2, 0) is 37.0 Å². The molecule has 1 aliphatic carbocycles. The van der Waals surface area contributed by atoms with E-state index in [1.54, 1.807) is 15.3 Å². The van der Waals surface area contributed by atoms with Gasteiger partial charge in [-0.1, -0.05) is 74.5 Å². The van der Waals surface area contributed by atoms with Gasteiger partial charge >= 0.3 is 5.97 Å². The van der Waals surface area contributed by atoms with Crippen molar-refractivity contribution in [1.82, 2.24) is 15.3 Å². The standard InChI is InChI=1S/C41H45N3O8/c1-4-24-43(26-28-16-20-32(21-17-28)51-30-12-8-6-9-13-30)39(46)35-34(38(45)42-49)37(41(48)50-3)36(35)40(47)44(25-5-2)27-29-18-22-33(23-19-29)52-31-14-10-7-11-15-31/h6-23,34-37,49H,4-5,24-27H2,1-3H3,(H,42,45). The smallest absolute Gasteiger partial charge is 0.310 e. The number of carbonyl (C=O) groups is 4. The van der Waals surface area contributed by atoms with Crippen LogP contribution in [0.1, 0.15) is 37.8 Å². The highest BCUT2D eigenvalue weighted by molar-refractivity contribution is 6.01. The number of hydrogen-bond acceptors (Lipinski definition) is 8. The Morgan fingerprint density at radius 3 is 1.33 bits per heavy atom. The maximum absolute atomic E-state index is 14.5. The van der Waals surface area contributed by atoms with Crippen LogP contribution in [0.3, 0.4) is 0 Å². The molecule has 11 nitrogen and oxygen atoms in total. The van der Waals surface area contributed by atoms with Crippen molar-refractivity contribution < 1.29 is 38.6 Å². The van der Waals surface area contributed by atoms with Gasteiger partial charge in [-0.3, -0.25) is 24.4 Å². The molecule has 3 amide bonds. The highest BCUT2D eigenvalue weighted by atomic mass is 16.5. The van der Waals surface area contributed by atoms with Crippen molar-refractivity contribution >= 4 is 23.7 Å². The maximum Gasteiger partial charge on any atom is 0.310 e. The predicted octanol–water partition coefficient (Wildman–Crippen LogP) is 6.61. The van der Waals surface area contributed by atoms with Crippen LogP contribution >= 0.6 is 0 Å². The van der Waals surface area contributed by atoms with Crippen LogP contribution < -0.4 is 15.0 Å². The summed E-state index contributed by atoms with van der Waals surface area (Å²) in [7, 11) is 1.17. The van der Waals surface area contributed by atoms with Crippen LogP contribution in [-0.4, -0.2) is 58.9 Å². The first kappa shape index (κ1) is 37.6. The molecule has 4 unspecified atom stereocenters. The second kappa shape index (κ2) is 18.0. The fourth-order valence-electron chi connectivity index (χ4n) is 6.70. The molecule has 4 atom stereocenters. The second-order valence-electron chi connectivity index (χ2n) is 12.7. The normalized spacial score (nSPS) is 17.6. The summed E-state index contributed by atoms with van der Waals surface area (Å²) in [6, 6.07) is 33.4. The molecule has 0 bridgehead atoms. The van der Waals surface area contributed by atoms with Crippen LogP contribution in [0.5, 0.6) is 23.0 Å². The number of esters is 1. The fraction of sp³-hybridized carbons (Fsp3) is 0.317. The number of nitrogens with zero attached hydrogens (tertiary/aromatic N) is 2. The van der Waals surface area contributed by atoms with Crippen molar-refractivity contribution in [2.45, 2.75) is 39.8 Å². The lowest BCUT2D eigenvalue weighted by Crippen LogP contribution is -2.65. The Morgan fingerprint density at radius 1 is 0.577 bits per heavy atom. The van der Waals surface area contributed by atoms with E-state index in [9.17, 15) is 24.4 Å². The number of rotatable bonds is 16. The average Bonchev–Trinajstić information content (AvgIpc) is 3.16. The maximum atomic E-state index is 14.5. The zero-order valence-corrected chi connectivity index (χ0v) is 29.6. The van der Waals surface area contributed by atoms with E-state index in [0.29, 0.717) is 48.9 Å². The van der Waals surface area contributed by atoms with Gasteiger partial charge in [-0.05, 0) is 72.5 Å². The largest absolute Gasteiger partial charge is 0.469 e. The minimum Gasteiger partial charge on any atom is -0.469 e. The number of nitrogens with one attached hydrogen (secondary N) is 1. The van der Waals surface area contributed by atoms with Gasteiger partial charge in [-0.2, -0.15) is 0 Å². The third-order valence-electron chi connectivity index (χ3n) is 9.17. The van der Waals surface area contributed by atoms with Crippen molar-refractivity contribution in [1.29, 1.82) is 0 Å².